The van der Waals surface area contributed by atoms with Crippen LogP contribution in [0.1, 0.15) is 11.4 Å². The lowest BCUT2D eigenvalue weighted by molar-refractivity contribution is 0.298. The van der Waals surface area contributed by atoms with Crippen molar-refractivity contribution in [3.8, 4) is 11.4 Å². The van der Waals surface area contributed by atoms with Gasteiger partial charge < -0.3 is 9.84 Å². The summed E-state index contributed by atoms with van der Waals surface area (Å²) >= 11 is 5.82. The molecule has 4 rings (SSSR count). The highest BCUT2D eigenvalue weighted by Crippen LogP contribution is 2.18. The van der Waals surface area contributed by atoms with Gasteiger partial charge in [0, 0.05) is 48.3 Å². The van der Waals surface area contributed by atoms with Gasteiger partial charge in [-0.1, -0.05) is 17.7 Å². The highest BCUT2D eigenvalue weighted by Gasteiger charge is 2.06. The van der Waals surface area contributed by atoms with Gasteiger partial charge in [0.1, 0.15) is 12.4 Å². The van der Waals surface area contributed by atoms with Crippen molar-refractivity contribution in [2.24, 2.45) is 0 Å². The van der Waals surface area contributed by atoms with Crippen LogP contribution in [-0.4, -0.2) is 26.2 Å². The summed E-state index contributed by atoms with van der Waals surface area (Å²) in [5.41, 5.74) is 2.92. The number of benzene rings is 1. The van der Waals surface area contributed by atoms with Crippen molar-refractivity contribution in [1.82, 2.24) is 14.5 Å². The quantitative estimate of drug-likeness (QED) is 0.529. The Kier molecular flexibility index (Phi) is 5.55. The fraction of sp³-hybridized carbons (Fsp3) is 0.136. The maximum absolute atomic E-state index is 12.6. The zero-order valence-corrected chi connectivity index (χ0v) is 16.2. The summed E-state index contributed by atoms with van der Waals surface area (Å²) in [4.78, 5) is 21.3. The van der Waals surface area contributed by atoms with E-state index in [0.29, 0.717) is 17.2 Å². The summed E-state index contributed by atoms with van der Waals surface area (Å²) in [6, 6.07) is 16.2. The molecule has 7 heteroatoms. The number of aliphatic hydroxyl groups is 1. The number of rotatable bonds is 6. The number of pyridine rings is 3. The van der Waals surface area contributed by atoms with Crippen LogP contribution in [0.4, 0.5) is 0 Å². The lowest BCUT2D eigenvalue weighted by Crippen LogP contribution is -2.16. The van der Waals surface area contributed by atoms with Gasteiger partial charge in [0.05, 0.1) is 16.2 Å². The average Bonchev–Trinajstić information content (AvgIpc) is 2.73. The minimum atomic E-state index is -0.198. The molecule has 1 aromatic carbocycles. The molecule has 0 spiro atoms. The Morgan fingerprint density at radius 1 is 1.03 bits per heavy atom. The molecule has 6 nitrogen and oxygen atoms in total. The number of hydrogen-bond acceptors (Lipinski definition) is 5. The summed E-state index contributed by atoms with van der Waals surface area (Å²) < 4.78 is 7.21. The van der Waals surface area contributed by atoms with Crippen molar-refractivity contribution < 1.29 is 9.84 Å². The fourth-order valence-corrected chi connectivity index (χ4v) is 3.08. The van der Waals surface area contributed by atoms with Crippen LogP contribution >= 0.6 is 11.6 Å². The third kappa shape index (κ3) is 4.45. The van der Waals surface area contributed by atoms with Crippen LogP contribution in [0.15, 0.2) is 71.8 Å². The van der Waals surface area contributed by atoms with Gasteiger partial charge in [-0.3, -0.25) is 19.3 Å². The Labute approximate surface area is 172 Å². The van der Waals surface area contributed by atoms with Crippen molar-refractivity contribution in [1.29, 1.82) is 0 Å². The predicted molar refractivity (Wildman–Crippen MR) is 112 cm³/mol. The van der Waals surface area contributed by atoms with E-state index in [4.69, 9.17) is 21.4 Å². The molecule has 0 aliphatic carbocycles. The standard InChI is InChI=1S/C22H18ClN3O3/c23-16-2-4-18(24-13-16)14-29-20-7-9-26(22(28)12-20)19-5-6-21-15(11-19)1-3-17(25-21)8-10-27/h1-7,9,11-13,27H,8,10,14H2. The molecule has 0 atom stereocenters. The van der Waals surface area contributed by atoms with Gasteiger partial charge in [-0.15, -0.1) is 0 Å². The summed E-state index contributed by atoms with van der Waals surface area (Å²) in [5.74, 6) is 0.471. The topological polar surface area (TPSA) is 77.2 Å². The first-order valence-electron chi connectivity index (χ1n) is 9.09. The molecule has 1 N–H and O–H groups in total. The van der Waals surface area contributed by atoms with Crippen LogP contribution in [0.25, 0.3) is 16.6 Å². The Morgan fingerprint density at radius 2 is 1.90 bits per heavy atom. The molecule has 29 heavy (non-hydrogen) atoms. The largest absolute Gasteiger partial charge is 0.487 e. The average molecular weight is 408 g/mol. The van der Waals surface area contributed by atoms with E-state index in [9.17, 15) is 4.79 Å². The fourth-order valence-electron chi connectivity index (χ4n) is 2.97. The molecule has 0 bridgehead atoms. The summed E-state index contributed by atoms with van der Waals surface area (Å²) in [5, 5.41) is 10.5. The normalized spacial score (nSPS) is 11.0. The third-order valence-corrected chi connectivity index (χ3v) is 4.67. The minimum Gasteiger partial charge on any atom is -0.487 e. The van der Waals surface area contributed by atoms with E-state index in [0.717, 1.165) is 28.0 Å². The van der Waals surface area contributed by atoms with Crippen molar-refractivity contribution in [2.75, 3.05) is 6.61 Å². The molecular formula is C22H18ClN3O3. The Hall–Kier alpha value is -3.22. The van der Waals surface area contributed by atoms with E-state index in [1.807, 2.05) is 30.3 Å². The minimum absolute atomic E-state index is 0.0640. The summed E-state index contributed by atoms with van der Waals surface area (Å²) in [6.45, 7) is 0.312. The first-order valence-corrected chi connectivity index (χ1v) is 9.47. The highest BCUT2D eigenvalue weighted by molar-refractivity contribution is 6.30. The van der Waals surface area contributed by atoms with Crippen molar-refractivity contribution in [3.63, 3.8) is 0 Å². The van der Waals surface area contributed by atoms with Gasteiger partial charge in [0.25, 0.3) is 5.56 Å². The molecular weight excluding hydrogens is 390 g/mol. The zero-order chi connectivity index (χ0) is 20.2. The SMILES string of the molecule is O=c1cc(OCc2ccc(Cl)cn2)ccn1-c1ccc2nc(CCO)ccc2c1. The lowest BCUT2D eigenvalue weighted by atomic mass is 10.1. The van der Waals surface area contributed by atoms with Crippen molar-refractivity contribution in [2.45, 2.75) is 13.0 Å². The molecule has 0 amide bonds. The van der Waals surface area contributed by atoms with E-state index in [-0.39, 0.29) is 18.8 Å². The van der Waals surface area contributed by atoms with Crippen molar-refractivity contribution >= 4 is 22.5 Å². The summed E-state index contributed by atoms with van der Waals surface area (Å²) in [7, 11) is 0. The van der Waals surface area contributed by atoms with E-state index in [1.54, 1.807) is 35.2 Å². The van der Waals surface area contributed by atoms with Gasteiger partial charge in [0.15, 0.2) is 0 Å². The van der Waals surface area contributed by atoms with E-state index in [1.165, 1.54) is 6.07 Å². The third-order valence-electron chi connectivity index (χ3n) is 4.44. The molecule has 4 aromatic rings. The molecule has 3 aromatic heterocycles. The maximum atomic E-state index is 12.6. The van der Waals surface area contributed by atoms with E-state index >= 15 is 0 Å². The Bertz CT molecular complexity index is 1210. The second kappa shape index (κ2) is 8.43. The molecule has 0 saturated heterocycles. The van der Waals surface area contributed by atoms with E-state index < -0.39 is 0 Å². The van der Waals surface area contributed by atoms with Gasteiger partial charge in [-0.05, 0) is 42.5 Å². The number of aliphatic hydroxyl groups excluding tert-OH is 1. The van der Waals surface area contributed by atoms with Crippen LogP contribution in [0.2, 0.25) is 5.02 Å². The van der Waals surface area contributed by atoms with Gasteiger partial charge >= 0.3 is 0 Å². The molecule has 0 unspecified atom stereocenters. The molecule has 0 aliphatic heterocycles. The molecule has 146 valence electrons. The first kappa shape index (κ1) is 19.1. The number of halogens is 1. The second-order valence-electron chi connectivity index (χ2n) is 6.48. The number of fused-ring (bicyclic) bond motifs is 1. The Morgan fingerprint density at radius 3 is 2.66 bits per heavy atom. The van der Waals surface area contributed by atoms with Gasteiger partial charge in [-0.25, -0.2) is 0 Å². The molecule has 0 fully saturated rings. The van der Waals surface area contributed by atoms with Crippen LogP contribution in [0.5, 0.6) is 5.75 Å². The first-order chi connectivity index (χ1) is 14.1. The monoisotopic (exact) mass is 407 g/mol. The van der Waals surface area contributed by atoms with Gasteiger partial charge in [-0.2, -0.15) is 0 Å². The molecule has 0 aliphatic rings. The Balaban J connectivity index is 1.54. The maximum Gasteiger partial charge on any atom is 0.258 e. The predicted octanol–water partition coefficient (Wildman–Crippen LogP) is 3.55. The van der Waals surface area contributed by atoms with Gasteiger partial charge in [0.2, 0.25) is 0 Å². The smallest absolute Gasteiger partial charge is 0.258 e. The zero-order valence-electron chi connectivity index (χ0n) is 15.5. The van der Waals surface area contributed by atoms with E-state index in [2.05, 4.69) is 9.97 Å². The highest BCUT2D eigenvalue weighted by atomic mass is 35.5. The summed E-state index contributed by atoms with van der Waals surface area (Å²) in [6.07, 6.45) is 3.76. The molecule has 3 heterocycles. The van der Waals surface area contributed by atoms with Crippen molar-refractivity contribution in [3.05, 3.63) is 93.8 Å². The van der Waals surface area contributed by atoms with Crippen LogP contribution in [0.3, 0.4) is 0 Å². The van der Waals surface area contributed by atoms with Crippen LogP contribution < -0.4 is 10.3 Å². The lowest BCUT2D eigenvalue weighted by Gasteiger charge is -2.10. The molecule has 0 saturated carbocycles. The van der Waals surface area contributed by atoms with Crippen LogP contribution in [-0.2, 0) is 13.0 Å². The number of hydrogen-bond donors (Lipinski definition) is 1. The van der Waals surface area contributed by atoms with Crippen LogP contribution in [0, 0.1) is 0 Å². The number of nitrogens with zero attached hydrogens (tertiary/aromatic N) is 3. The second-order valence-corrected chi connectivity index (χ2v) is 6.92. The number of aromatic nitrogens is 3. The number of ether oxygens (including phenoxy) is 1. The molecule has 0 radical (unpaired) electrons.